The number of hydrogen-bond donors (Lipinski definition) is 2. The highest BCUT2D eigenvalue weighted by Gasteiger charge is 2.26. The summed E-state index contributed by atoms with van der Waals surface area (Å²) in [5.41, 5.74) is 5.38. The van der Waals surface area contributed by atoms with Crippen LogP contribution in [0.2, 0.25) is 0 Å². The van der Waals surface area contributed by atoms with Crippen molar-refractivity contribution in [1.29, 1.82) is 0 Å². The van der Waals surface area contributed by atoms with Crippen LogP contribution < -0.4 is 5.73 Å². The molecule has 9 nitrogen and oxygen atoms in total. The number of carbonyl (C=O) groups is 2. The van der Waals surface area contributed by atoms with Gasteiger partial charge in [0, 0.05) is 19.4 Å². The summed E-state index contributed by atoms with van der Waals surface area (Å²) in [5.74, 6) is -0.843. The van der Waals surface area contributed by atoms with Gasteiger partial charge in [0.15, 0.2) is 6.10 Å². The third-order valence-corrected chi connectivity index (χ3v) is 12.8. The van der Waals surface area contributed by atoms with Crippen molar-refractivity contribution in [2.24, 2.45) is 5.73 Å². The molecule has 0 aromatic rings. The van der Waals surface area contributed by atoms with E-state index in [4.69, 9.17) is 24.3 Å². The van der Waals surface area contributed by atoms with Crippen molar-refractivity contribution in [1.82, 2.24) is 0 Å². The Kier molecular flexibility index (Phi) is 54.8. The molecule has 0 saturated carbocycles. The number of unbranched alkanes of at least 4 members (excludes halogenated alkanes) is 20. The first-order chi connectivity index (χ1) is 35.8. The van der Waals surface area contributed by atoms with E-state index in [1.54, 1.807) is 0 Å². The average Bonchev–Trinajstić information content (AvgIpc) is 3.38. The van der Waals surface area contributed by atoms with Crippen LogP contribution in [-0.2, 0) is 32.7 Å². The van der Waals surface area contributed by atoms with E-state index in [1.807, 2.05) is 0 Å². The van der Waals surface area contributed by atoms with Crippen LogP contribution in [0.25, 0.3) is 0 Å². The first kappa shape index (κ1) is 69.4. The fourth-order valence-corrected chi connectivity index (χ4v) is 8.40. The average molecular weight is 1040 g/mol. The molecule has 2 atom stereocenters. The molecule has 2 unspecified atom stereocenters. The smallest absolute Gasteiger partial charge is 0.462 e. The molecule has 0 aliphatic rings. The van der Waals surface area contributed by atoms with Crippen molar-refractivity contribution in [3.63, 3.8) is 0 Å². The molecule has 0 aliphatic carbocycles. The van der Waals surface area contributed by atoms with Gasteiger partial charge in [0.1, 0.15) is 6.61 Å². The summed E-state index contributed by atoms with van der Waals surface area (Å²) in [7, 11) is -4.40. The van der Waals surface area contributed by atoms with Crippen LogP contribution in [0.5, 0.6) is 0 Å². The standard InChI is InChI=1S/C63H106NO8P/c1-3-5-7-9-11-13-15-17-19-21-23-25-27-28-29-30-31-32-34-36-38-40-42-44-46-48-50-52-54-56-63(66)72-61(60-71-73(67,68)70-58-57-64)59-69-62(65)55-53-51-49-47-45-43-41-39-37-35-33-26-24-22-20-18-16-14-12-10-8-6-4-2/h5-8,11-14,17-20,23-26,28-29,31-32,61H,3-4,9-10,15-16,21-22,27,30,33-60,64H2,1-2H3,(H,67,68)/b7-5-,8-6-,13-11-,14-12-,19-17-,20-18-,25-23-,26-24-,29-28-,32-31-. The van der Waals surface area contributed by atoms with Gasteiger partial charge in [-0.3, -0.25) is 18.6 Å². The number of hydrogen-bond acceptors (Lipinski definition) is 8. The van der Waals surface area contributed by atoms with Crippen LogP contribution in [-0.4, -0.2) is 49.3 Å². The first-order valence-corrected chi connectivity index (χ1v) is 30.5. The Morgan fingerprint density at radius 1 is 0.411 bits per heavy atom. The lowest BCUT2D eigenvalue weighted by Crippen LogP contribution is -2.29. The summed E-state index contributed by atoms with van der Waals surface area (Å²) in [6.07, 6.45) is 79.6. The Morgan fingerprint density at radius 2 is 0.712 bits per heavy atom. The van der Waals surface area contributed by atoms with E-state index in [9.17, 15) is 19.0 Å². The molecule has 3 N–H and O–H groups in total. The molecule has 0 aromatic heterocycles. The molecule has 10 heteroatoms. The van der Waals surface area contributed by atoms with Gasteiger partial charge in [-0.05, 0) is 103 Å². The molecular weight excluding hydrogens is 930 g/mol. The molecule has 0 heterocycles. The summed E-state index contributed by atoms with van der Waals surface area (Å²) in [5, 5.41) is 0. The van der Waals surface area contributed by atoms with E-state index >= 15 is 0 Å². The van der Waals surface area contributed by atoms with E-state index in [0.29, 0.717) is 6.42 Å². The lowest BCUT2D eigenvalue weighted by molar-refractivity contribution is -0.161. The van der Waals surface area contributed by atoms with E-state index in [2.05, 4.69) is 135 Å². The molecule has 0 rings (SSSR count). The Balaban J connectivity index is 4.03. The lowest BCUT2D eigenvalue weighted by Gasteiger charge is -2.19. The number of nitrogens with two attached hydrogens (primary N) is 1. The number of esters is 2. The second-order valence-corrected chi connectivity index (χ2v) is 20.2. The van der Waals surface area contributed by atoms with Gasteiger partial charge in [0.2, 0.25) is 0 Å². The van der Waals surface area contributed by atoms with Crippen LogP contribution in [0.15, 0.2) is 122 Å². The van der Waals surface area contributed by atoms with Crippen molar-refractivity contribution < 1.29 is 37.6 Å². The van der Waals surface area contributed by atoms with Gasteiger partial charge in [-0.25, -0.2) is 4.57 Å². The van der Waals surface area contributed by atoms with Gasteiger partial charge in [-0.15, -0.1) is 0 Å². The van der Waals surface area contributed by atoms with Gasteiger partial charge >= 0.3 is 19.8 Å². The minimum absolute atomic E-state index is 0.0461. The van der Waals surface area contributed by atoms with Crippen molar-refractivity contribution in [3.05, 3.63) is 122 Å². The van der Waals surface area contributed by atoms with Gasteiger partial charge < -0.3 is 20.1 Å². The fourth-order valence-electron chi connectivity index (χ4n) is 7.63. The summed E-state index contributed by atoms with van der Waals surface area (Å²) in [6, 6.07) is 0. The van der Waals surface area contributed by atoms with Crippen LogP contribution in [0.3, 0.4) is 0 Å². The molecule has 0 aliphatic heterocycles. The summed E-state index contributed by atoms with van der Waals surface area (Å²) < 4.78 is 33.0. The van der Waals surface area contributed by atoms with E-state index < -0.39 is 26.5 Å². The topological polar surface area (TPSA) is 134 Å². The maximum atomic E-state index is 12.7. The fraction of sp³-hybridized carbons (Fsp3) is 0.651. The number of ether oxygens (including phenoxy) is 2. The molecule has 416 valence electrons. The third-order valence-electron chi connectivity index (χ3n) is 11.8. The molecule has 0 spiro atoms. The maximum Gasteiger partial charge on any atom is 0.472 e. The third kappa shape index (κ3) is 57.5. The van der Waals surface area contributed by atoms with Crippen molar-refractivity contribution in [2.45, 2.75) is 238 Å². The molecule has 0 aromatic carbocycles. The second-order valence-electron chi connectivity index (χ2n) is 18.7. The zero-order chi connectivity index (χ0) is 53.1. The van der Waals surface area contributed by atoms with E-state index in [0.717, 1.165) is 122 Å². The van der Waals surface area contributed by atoms with Crippen LogP contribution in [0, 0.1) is 0 Å². The SMILES string of the molecule is CC/C=C\C/C=C\C/C=C\C/C=C\C/C=C\C/C=C\CCCCCCCCCCCCC(=O)OC(COC(=O)CCCCCCCCCCCC/C=C\C/C=C\C/C=C\C/C=C\CC)COP(=O)(O)OCCN. The Labute approximate surface area is 447 Å². The summed E-state index contributed by atoms with van der Waals surface area (Å²) in [4.78, 5) is 35.2. The maximum absolute atomic E-state index is 12.7. The van der Waals surface area contributed by atoms with Crippen LogP contribution in [0.1, 0.15) is 232 Å². The summed E-state index contributed by atoms with van der Waals surface area (Å²) in [6.45, 7) is 3.50. The second kappa shape index (κ2) is 57.7. The lowest BCUT2D eigenvalue weighted by atomic mass is 10.0. The van der Waals surface area contributed by atoms with E-state index in [1.165, 1.54) is 77.0 Å². The first-order valence-electron chi connectivity index (χ1n) is 29.0. The summed E-state index contributed by atoms with van der Waals surface area (Å²) >= 11 is 0. The minimum atomic E-state index is -4.40. The number of phosphoric acid groups is 1. The highest BCUT2D eigenvalue weighted by molar-refractivity contribution is 7.47. The molecular formula is C63H106NO8P. The Bertz CT molecular complexity index is 1600. The number of allylic oxidation sites excluding steroid dienone is 20. The molecule has 73 heavy (non-hydrogen) atoms. The van der Waals surface area contributed by atoms with Crippen LogP contribution in [0.4, 0.5) is 0 Å². The monoisotopic (exact) mass is 1040 g/mol. The molecule has 0 amide bonds. The zero-order valence-electron chi connectivity index (χ0n) is 46.3. The van der Waals surface area contributed by atoms with Crippen molar-refractivity contribution >= 4 is 19.8 Å². The highest BCUT2D eigenvalue weighted by atomic mass is 31.2. The molecule has 0 fully saturated rings. The quantitative estimate of drug-likeness (QED) is 0.0264. The van der Waals surface area contributed by atoms with Gasteiger partial charge in [0.05, 0.1) is 13.2 Å². The number of phosphoric ester groups is 1. The number of carbonyl (C=O) groups excluding carboxylic acids is 2. The van der Waals surface area contributed by atoms with Gasteiger partial charge in [-0.2, -0.15) is 0 Å². The van der Waals surface area contributed by atoms with Crippen LogP contribution >= 0.6 is 7.82 Å². The molecule has 0 bridgehead atoms. The number of rotatable bonds is 53. The molecule has 0 radical (unpaired) electrons. The minimum Gasteiger partial charge on any atom is -0.462 e. The van der Waals surface area contributed by atoms with Gasteiger partial charge in [0.25, 0.3) is 0 Å². The largest absolute Gasteiger partial charge is 0.472 e. The molecule has 0 saturated heterocycles. The van der Waals surface area contributed by atoms with Crippen molar-refractivity contribution in [2.75, 3.05) is 26.4 Å². The predicted molar refractivity (Wildman–Crippen MR) is 311 cm³/mol. The van der Waals surface area contributed by atoms with Gasteiger partial charge in [-0.1, -0.05) is 238 Å². The highest BCUT2D eigenvalue weighted by Crippen LogP contribution is 2.43. The predicted octanol–water partition coefficient (Wildman–Crippen LogP) is 18.4. The zero-order valence-corrected chi connectivity index (χ0v) is 47.2. The Hall–Kier alpha value is -3.59. The normalized spacial score (nSPS) is 14.0. The Morgan fingerprint density at radius 3 is 1.05 bits per heavy atom. The van der Waals surface area contributed by atoms with Crippen molar-refractivity contribution in [3.8, 4) is 0 Å². The van der Waals surface area contributed by atoms with E-state index in [-0.39, 0.29) is 38.6 Å².